The average Bonchev–Trinajstić information content (AvgIpc) is 3.22. The summed E-state index contributed by atoms with van der Waals surface area (Å²) in [5, 5.41) is 9.89. The number of Topliss-reactive ketones (excluding diaryl/α,β-unsaturated/α-hetero) is 1. The number of fused-ring (bicyclic) bond motifs is 1. The van der Waals surface area contributed by atoms with E-state index in [1.165, 1.54) is 7.11 Å². The van der Waals surface area contributed by atoms with Gasteiger partial charge in [-0.25, -0.2) is 4.98 Å². The molecule has 0 atom stereocenters. The molecule has 0 saturated carbocycles. The zero-order valence-electron chi connectivity index (χ0n) is 18.4. The molecule has 2 aromatic carbocycles. The smallest absolute Gasteiger partial charge is 0.162 e. The first-order chi connectivity index (χ1) is 15.5. The monoisotopic (exact) mass is 430 g/mol. The zero-order chi connectivity index (χ0) is 22.7. The van der Waals surface area contributed by atoms with Gasteiger partial charge in [-0.1, -0.05) is 24.3 Å². The molecule has 0 unspecified atom stereocenters. The molecule has 0 spiro atoms. The number of ether oxygens (including phenoxy) is 1. The third-order valence-electron chi connectivity index (χ3n) is 5.38. The van der Waals surface area contributed by atoms with Gasteiger partial charge in [-0.3, -0.25) is 14.2 Å². The molecule has 0 aliphatic carbocycles. The highest BCUT2D eigenvalue weighted by atomic mass is 16.5. The number of nitrogens with zero attached hydrogens (tertiary/aromatic N) is 4. The van der Waals surface area contributed by atoms with Crippen LogP contribution in [0.5, 0.6) is 11.5 Å². The summed E-state index contributed by atoms with van der Waals surface area (Å²) in [4.78, 5) is 23.5. The first-order valence-electron chi connectivity index (χ1n) is 10.4. The largest absolute Gasteiger partial charge is 0.504 e. The molecule has 32 heavy (non-hydrogen) atoms. The number of aromatic hydroxyl groups is 1. The Morgan fingerprint density at radius 2 is 1.81 bits per heavy atom. The molecule has 0 fully saturated rings. The van der Waals surface area contributed by atoms with Crippen LogP contribution >= 0.6 is 0 Å². The lowest BCUT2D eigenvalue weighted by Crippen LogP contribution is -2.14. The van der Waals surface area contributed by atoms with Crippen molar-refractivity contribution in [2.45, 2.75) is 12.8 Å². The molecular formula is C25H26N4O3. The van der Waals surface area contributed by atoms with Crippen LogP contribution in [0.2, 0.25) is 0 Å². The van der Waals surface area contributed by atoms with E-state index in [0.29, 0.717) is 23.4 Å². The molecule has 0 aliphatic heterocycles. The highest BCUT2D eigenvalue weighted by Gasteiger charge is 2.12. The topological polar surface area (TPSA) is 80.0 Å². The van der Waals surface area contributed by atoms with Crippen molar-refractivity contribution < 1.29 is 14.6 Å². The lowest BCUT2D eigenvalue weighted by molar-refractivity contribution is 0.0977. The van der Waals surface area contributed by atoms with E-state index in [-0.39, 0.29) is 11.5 Å². The van der Waals surface area contributed by atoms with Gasteiger partial charge in [0.2, 0.25) is 0 Å². The number of benzene rings is 2. The first-order valence-corrected chi connectivity index (χ1v) is 10.4. The number of hydrogen-bond donors (Lipinski definition) is 1. The second kappa shape index (κ2) is 9.20. The van der Waals surface area contributed by atoms with Crippen LogP contribution in [0.3, 0.4) is 0 Å². The van der Waals surface area contributed by atoms with Crippen molar-refractivity contribution in [3.63, 3.8) is 0 Å². The molecule has 4 rings (SSSR count). The Bertz CT molecular complexity index is 1250. The fourth-order valence-electron chi connectivity index (χ4n) is 3.62. The molecule has 0 bridgehead atoms. The molecule has 2 heterocycles. The Balaban J connectivity index is 1.60. The van der Waals surface area contributed by atoms with Crippen molar-refractivity contribution in [1.29, 1.82) is 0 Å². The lowest BCUT2D eigenvalue weighted by Gasteiger charge is -2.09. The van der Waals surface area contributed by atoms with Crippen molar-refractivity contribution in [2.24, 2.45) is 0 Å². The summed E-state index contributed by atoms with van der Waals surface area (Å²) in [5.41, 5.74) is 4.84. The number of carbonyl (C=O) groups is 1. The van der Waals surface area contributed by atoms with Crippen LogP contribution in [-0.2, 0) is 0 Å². The van der Waals surface area contributed by atoms with E-state index < -0.39 is 0 Å². The van der Waals surface area contributed by atoms with E-state index in [9.17, 15) is 9.90 Å². The van der Waals surface area contributed by atoms with Crippen LogP contribution in [0.4, 0.5) is 0 Å². The van der Waals surface area contributed by atoms with Gasteiger partial charge in [0.1, 0.15) is 0 Å². The van der Waals surface area contributed by atoms with Gasteiger partial charge in [0, 0.05) is 29.3 Å². The minimum absolute atomic E-state index is 0.0868. The number of ketones is 1. The lowest BCUT2D eigenvalue weighted by atomic mass is 10.0. The molecule has 0 amide bonds. The first kappa shape index (κ1) is 21.5. The van der Waals surface area contributed by atoms with Crippen molar-refractivity contribution in [2.75, 3.05) is 27.7 Å². The summed E-state index contributed by atoms with van der Waals surface area (Å²) >= 11 is 0. The van der Waals surface area contributed by atoms with E-state index in [1.807, 2.05) is 55.0 Å². The molecule has 0 radical (unpaired) electrons. The van der Waals surface area contributed by atoms with Crippen LogP contribution in [-0.4, -0.2) is 57.9 Å². The molecule has 1 N–H and O–H groups in total. The van der Waals surface area contributed by atoms with E-state index in [0.717, 1.165) is 35.5 Å². The standard InChI is InChI=1S/C25H26N4O3/c1-28(2)12-4-5-22(30)18-8-6-17(7-9-18)20-16-29-21(14-27-25(29)15-26-20)19-10-11-23(31)24(13-19)32-3/h6-11,13-16,31H,4-5,12H2,1-3H3. The number of rotatable bonds is 8. The Kier molecular flexibility index (Phi) is 6.18. The van der Waals surface area contributed by atoms with Gasteiger partial charge in [0.25, 0.3) is 0 Å². The summed E-state index contributed by atoms with van der Waals surface area (Å²) in [5.74, 6) is 0.640. The molecule has 2 aromatic heterocycles. The second-order valence-corrected chi connectivity index (χ2v) is 7.94. The van der Waals surface area contributed by atoms with Gasteiger partial charge in [-0.15, -0.1) is 0 Å². The Hall–Kier alpha value is -3.71. The van der Waals surface area contributed by atoms with Crippen LogP contribution in [0.1, 0.15) is 23.2 Å². The summed E-state index contributed by atoms with van der Waals surface area (Å²) in [7, 11) is 5.53. The predicted octanol–water partition coefficient (Wildman–Crippen LogP) is 4.30. The fraction of sp³-hybridized carbons (Fsp3) is 0.240. The van der Waals surface area contributed by atoms with Gasteiger partial charge in [-0.05, 0) is 45.3 Å². The molecule has 7 heteroatoms. The maximum absolute atomic E-state index is 12.4. The third-order valence-corrected chi connectivity index (χ3v) is 5.38. The summed E-state index contributed by atoms with van der Waals surface area (Å²) < 4.78 is 7.19. The molecule has 164 valence electrons. The molecule has 0 saturated heterocycles. The summed E-state index contributed by atoms with van der Waals surface area (Å²) in [6, 6.07) is 12.8. The fourth-order valence-corrected chi connectivity index (χ4v) is 3.62. The van der Waals surface area contributed by atoms with Crippen LogP contribution in [0.25, 0.3) is 28.2 Å². The second-order valence-electron chi connectivity index (χ2n) is 7.94. The molecule has 4 aromatic rings. The van der Waals surface area contributed by atoms with E-state index in [1.54, 1.807) is 24.5 Å². The SMILES string of the molecule is COc1cc(-c2cnc3cnc(-c4ccc(C(=O)CCCN(C)C)cc4)cn23)ccc1O. The van der Waals surface area contributed by atoms with Gasteiger partial charge in [0.05, 0.1) is 30.9 Å². The highest BCUT2D eigenvalue weighted by molar-refractivity contribution is 5.96. The Labute approximate surface area is 186 Å². The zero-order valence-corrected chi connectivity index (χ0v) is 18.4. The van der Waals surface area contributed by atoms with Crippen LogP contribution in [0.15, 0.2) is 61.1 Å². The minimum atomic E-state index is 0.0868. The number of hydrogen-bond acceptors (Lipinski definition) is 6. The number of phenols is 1. The molecular weight excluding hydrogens is 404 g/mol. The maximum atomic E-state index is 12.4. The Morgan fingerprint density at radius 1 is 1.06 bits per heavy atom. The van der Waals surface area contributed by atoms with Crippen molar-refractivity contribution in [3.05, 3.63) is 66.6 Å². The van der Waals surface area contributed by atoms with Gasteiger partial charge >= 0.3 is 0 Å². The molecule has 0 aliphatic rings. The number of carbonyl (C=O) groups excluding carboxylic acids is 1. The normalized spacial score (nSPS) is 11.2. The number of aromatic nitrogens is 3. The van der Waals surface area contributed by atoms with E-state index in [4.69, 9.17) is 4.74 Å². The van der Waals surface area contributed by atoms with E-state index in [2.05, 4.69) is 14.9 Å². The number of imidazole rings is 1. The number of methoxy groups -OCH3 is 1. The van der Waals surface area contributed by atoms with Gasteiger partial charge in [0.15, 0.2) is 22.9 Å². The van der Waals surface area contributed by atoms with Crippen LogP contribution in [0, 0.1) is 0 Å². The maximum Gasteiger partial charge on any atom is 0.162 e. The van der Waals surface area contributed by atoms with Crippen molar-refractivity contribution >= 4 is 11.4 Å². The summed E-state index contributed by atoms with van der Waals surface area (Å²) in [6.45, 7) is 0.897. The quantitative estimate of drug-likeness (QED) is 0.420. The third kappa shape index (κ3) is 4.48. The van der Waals surface area contributed by atoms with E-state index >= 15 is 0 Å². The molecule has 7 nitrogen and oxygen atoms in total. The number of phenolic OH excluding ortho intramolecular Hbond substituents is 1. The minimum Gasteiger partial charge on any atom is -0.504 e. The van der Waals surface area contributed by atoms with Crippen molar-refractivity contribution in [3.8, 4) is 34.0 Å². The van der Waals surface area contributed by atoms with Crippen molar-refractivity contribution in [1.82, 2.24) is 19.3 Å². The van der Waals surface area contributed by atoms with Gasteiger partial charge in [-0.2, -0.15) is 0 Å². The van der Waals surface area contributed by atoms with Gasteiger partial charge < -0.3 is 14.7 Å². The Morgan fingerprint density at radius 3 is 2.53 bits per heavy atom. The highest BCUT2D eigenvalue weighted by Crippen LogP contribution is 2.32. The summed E-state index contributed by atoms with van der Waals surface area (Å²) in [6.07, 6.45) is 6.79. The predicted molar refractivity (Wildman–Crippen MR) is 124 cm³/mol. The van der Waals surface area contributed by atoms with Crippen LogP contribution < -0.4 is 4.74 Å². The average molecular weight is 431 g/mol.